The number of hydrazine groups is 1. The number of hydrogen-bond acceptors (Lipinski definition) is 3. The Kier molecular flexibility index (Phi) is 4.47. The molecule has 0 fully saturated rings. The summed E-state index contributed by atoms with van der Waals surface area (Å²) in [4.78, 5) is 15.6. The second-order valence-corrected chi connectivity index (χ2v) is 4.82. The topological polar surface area (TPSA) is 54.0 Å². The maximum Gasteiger partial charge on any atom is 0.271 e. The molecule has 0 aliphatic heterocycles. The minimum Gasteiger partial charge on any atom is -0.295 e. The van der Waals surface area contributed by atoms with Crippen LogP contribution in [-0.4, -0.2) is 10.9 Å². The Balaban J connectivity index is 2.10. The van der Waals surface area contributed by atoms with Gasteiger partial charge >= 0.3 is 0 Å². The maximum absolute atomic E-state index is 11.8. The predicted octanol–water partition coefficient (Wildman–Crippen LogP) is 3.80. The maximum atomic E-state index is 11.8. The quantitative estimate of drug-likeness (QED) is 0.847. The smallest absolute Gasteiger partial charge is 0.271 e. The average molecular weight is 317 g/mol. The number of hydrogen-bond donors (Lipinski definition) is 2. The Morgan fingerprint density at radius 2 is 1.84 bits per heavy atom. The molecule has 1 heterocycles. The van der Waals surface area contributed by atoms with Crippen LogP contribution in [0.25, 0.3) is 0 Å². The van der Waals surface area contributed by atoms with Crippen molar-refractivity contribution >= 4 is 46.4 Å². The first-order valence-corrected chi connectivity index (χ1v) is 6.32. The highest BCUT2D eigenvalue weighted by atomic mass is 35.5. The molecule has 2 N–H and O–H groups in total. The van der Waals surface area contributed by atoms with Crippen molar-refractivity contribution in [2.45, 2.75) is 0 Å². The van der Waals surface area contributed by atoms with Crippen molar-refractivity contribution in [2.24, 2.45) is 0 Å². The Labute approximate surface area is 124 Å². The van der Waals surface area contributed by atoms with Crippen molar-refractivity contribution in [3.05, 3.63) is 57.3 Å². The number of nitrogens with zero attached hydrogens (tertiary/aromatic N) is 1. The van der Waals surface area contributed by atoms with Crippen LogP contribution in [0, 0.1) is 0 Å². The highest BCUT2D eigenvalue weighted by molar-refractivity contribution is 6.41. The van der Waals surface area contributed by atoms with E-state index in [-0.39, 0.29) is 5.91 Å². The fourth-order valence-electron chi connectivity index (χ4n) is 1.35. The van der Waals surface area contributed by atoms with E-state index in [4.69, 9.17) is 34.8 Å². The highest BCUT2D eigenvalue weighted by Crippen LogP contribution is 2.33. The molecule has 0 saturated heterocycles. The van der Waals surface area contributed by atoms with Crippen LogP contribution in [0.4, 0.5) is 5.69 Å². The van der Waals surface area contributed by atoms with Gasteiger partial charge in [-0.1, -0.05) is 34.8 Å². The number of benzene rings is 1. The van der Waals surface area contributed by atoms with Gasteiger partial charge in [-0.3, -0.25) is 20.6 Å². The molecule has 0 bridgehead atoms. The van der Waals surface area contributed by atoms with Gasteiger partial charge in [0.2, 0.25) is 0 Å². The number of rotatable bonds is 3. The molecule has 0 spiro atoms. The molecule has 1 amide bonds. The van der Waals surface area contributed by atoms with Gasteiger partial charge < -0.3 is 0 Å². The molecule has 0 radical (unpaired) electrons. The second-order valence-electron chi connectivity index (χ2n) is 3.57. The molecule has 1 aromatic carbocycles. The molecular weight excluding hydrogens is 309 g/mol. The molecule has 0 atom stereocenters. The van der Waals surface area contributed by atoms with Gasteiger partial charge in [0.05, 0.1) is 21.3 Å². The third kappa shape index (κ3) is 3.50. The van der Waals surface area contributed by atoms with Crippen molar-refractivity contribution in [2.75, 3.05) is 5.43 Å². The molecule has 2 rings (SSSR count). The van der Waals surface area contributed by atoms with E-state index in [1.165, 1.54) is 18.3 Å². The van der Waals surface area contributed by atoms with Gasteiger partial charge in [-0.05, 0) is 24.3 Å². The fourth-order valence-corrected chi connectivity index (χ4v) is 2.26. The van der Waals surface area contributed by atoms with E-state index in [9.17, 15) is 4.79 Å². The zero-order valence-electron chi connectivity index (χ0n) is 9.45. The lowest BCUT2D eigenvalue weighted by Crippen LogP contribution is -2.29. The number of nitrogens with one attached hydrogen (secondary N) is 2. The first-order valence-electron chi connectivity index (χ1n) is 5.19. The van der Waals surface area contributed by atoms with Gasteiger partial charge in [0.25, 0.3) is 5.91 Å². The molecule has 98 valence electrons. The van der Waals surface area contributed by atoms with Crippen LogP contribution in [0.1, 0.15) is 10.4 Å². The van der Waals surface area contributed by atoms with Crippen LogP contribution >= 0.6 is 34.8 Å². The molecule has 4 nitrogen and oxygen atoms in total. The summed E-state index contributed by atoms with van der Waals surface area (Å²) < 4.78 is 0. The molecule has 0 aliphatic rings. The number of pyridine rings is 1. The largest absolute Gasteiger partial charge is 0.295 e. The molecule has 0 unspecified atom stereocenters. The van der Waals surface area contributed by atoms with Crippen LogP contribution in [0.2, 0.25) is 15.1 Å². The molecule has 7 heteroatoms. The Bertz CT molecular complexity index is 581. The molecule has 1 aromatic heterocycles. The van der Waals surface area contributed by atoms with Crippen LogP contribution in [-0.2, 0) is 0 Å². The van der Waals surface area contributed by atoms with Gasteiger partial charge in [-0.25, -0.2) is 0 Å². The lowest BCUT2D eigenvalue weighted by molar-refractivity contribution is 0.0962. The summed E-state index contributed by atoms with van der Waals surface area (Å²) in [5, 5.41) is 1.03. The third-order valence-corrected chi connectivity index (χ3v) is 3.05. The van der Waals surface area contributed by atoms with E-state index >= 15 is 0 Å². The average Bonchev–Trinajstić information content (AvgIpc) is 2.38. The van der Waals surface area contributed by atoms with E-state index in [0.717, 1.165) is 0 Å². The van der Waals surface area contributed by atoms with Gasteiger partial charge in [-0.15, -0.1) is 0 Å². The summed E-state index contributed by atoms with van der Waals surface area (Å²) in [7, 11) is 0. The van der Waals surface area contributed by atoms with Crippen molar-refractivity contribution in [3.63, 3.8) is 0 Å². The molecule has 0 aliphatic carbocycles. The van der Waals surface area contributed by atoms with E-state index in [0.29, 0.717) is 26.3 Å². The van der Waals surface area contributed by atoms with Crippen molar-refractivity contribution in [1.82, 2.24) is 10.4 Å². The van der Waals surface area contributed by atoms with E-state index < -0.39 is 0 Å². The zero-order valence-corrected chi connectivity index (χ0v) is 11.7. The fraction of sp³-hybridized carbons (Fsp3) is 0. The molecule has 2 aromatic rings. The predicted molar refractivity (Wildman–Crippen MR) is 76.8 cm³/mol. The minimum atomic E-state index is -0.352. The third-order valence-electron chi connectivity index (χ3n) is 2.23. The van der Waals surface area contributed by atoms with Crippen LogP contribution in [0.15, 0.2) is 36.7 Å². The summed E-state index contributed by atoms with van der Waals surface area (Å²) in [5.74, 6) is -0.352. The highest BCUT2D eigenvalue weighted by Gasteiger charge is 2.10. The van der Waals surface area contributed by atoms with Gasteiger partial charge in [0.1, 0.15) is 0 Å². The Morgan fingerprint density at radius 1 is 1.16 bits per heavy atom. The van der Waals surface area contributed by atoms with Gasteiger partial charge in [0, 0.05) is 17.4 Å². The van der Waals surface area contributed by atoms with Gasteiger partial charge in [-0.2, -0.15) is 0 Å². The standard InChI is InChI=1S/C12H8Cl3N3O/c13-8-4-9(14)11(10(15)5-8)17-18-12(19)7-2-1-3-16-6-7/h1-6,17H,(H,18,19). The number of halogens is 3. The molecule has 19 heavy (non-hydrogen) atoms. The van der Waals surface area contributed by atoms with E-state index in [1.54, 1.807) is 18.3 Å². The summed E-state index contributed by atoms with van der Waals surface area (Å²) in [5.41, 5.74) is 5.93. The second kappa shape index (κ2) is 6.10. The van der Waals surface area contributed by atoms with E-state index in [2.05, 4.69) is 15.8 Å². The number of anilines is 1. The zero-order chi connectivity index (χ0) is 13.8. The SMILES string of the molecule is O=C(NNc1c(Cl)cc(Cl)cc1Cl)c1cccnc1. The molecular formula is C12H8Cl3N3O. The van der Waals surface area contributed by atoms with Crippen LogP contribution < -0.4 is 10.9 Å². The Hall–Kier alpha value is -1.49. The van der Waals surface area contributed by atoms with Crippen LogP contribution in [0.3, 0.4) is 0 Å². The summed E-state index contributed by atoms with van der Waals surface area (Å²) in [6, 6.07) is 6.34. The summed E-state index contributed by atoms with van der Waals surface area (Å²) >= 11 is 17.7. The van der Waals surface area contributed by atoms with Crippen LogP contribution in [0.5, 0.6) is 0 Å². The van der Waals surface area contributed by atoms with Crippen molar-refractivity contribution in [3.8, 4) is 0 Å². The number of carbonyl (C=O) groups is 1. The lowest BCUT2D eigenvalue weighted by Gasteiger charge is -2.11. The minimum absolute atomic E-state index is 0.309. The first kappa shape index (κ1) is 13.9. The first-order chi connectivity index (χ1) is 9.08. The normalized spacial score (nSPS) is 10.1. The monoisotopic (exact) mass is 315 g/mol. The molecule has 0 saturated carbocycles. The Morgan fingerprint density at radius 3 is 2.42 bits per heavy atom. The van der Waals surface area contributed by atoms with Gasteiger partial charge in [0.15, 0.2) is 0 Å². The number of amides is 1. The van der Waals surface area contributed by atoms with Crippen molar-refractivity contribution < 1.29 is 4.79 Å². The van der Waals surface area contributed by atoms with Crippen molar-refractivity contribution in [1.29, 1.82) is 0 Å². The van der Waals surface area contributed by atoms with E-state index in [1.807, 2.05) is 0 Å². The summed E-state index contributed by atoms with van der Waals surface area (Å²) in [6.07, 6.45) is 3.03. The number of carbonyl (C=O) groups excluding carboxylic acids is 1. The number of aromatic nitrogens is 1. The lowest BCUT2D eigenvalue weighted by atomic mass is 10.3. The summed E-state index contributed by atoms with van der Waals surface area (Å²) in [6.45, 7) is 0.